The molecule has 0 atom stereocenters. The van der Waals surface area contributed by atoms with Crippen molar-refractivity contribution in [3.8, 4) is 10.7 Å². The molecule has 4 rings (SSSR count). The molecule has 4 nitrogen and oxygen atoms in total. The van der Waals surface area contributed by atoms with Crippen molar-refractivity contribution in [3.05, 3.63) is 34.1 Å². The Morgan fingerprint density at radius 2 is 2.21 bits per heavy atom. The largest absolute Gasteiger partial charge is 0.262 e. The van der Waals surface area contributed by atoms with E-state index in [-0.39, 0.29) is 0 Å². The van der Waals surface area contributed by atoms with Crippen LogP contribution in [-0.4, -0.2) is 25.3 Å². The SMILES string of the molecule is Clc1cncc2nnc(-c3cc4c(s3)CCSC4)n12. The average Bonchev–Trinajstić information content (AvgIpc) is 3.02. The van der Waals surface area contributed by atoms with E-state index in [1.54, 1.807) is 23.7 Å². The summed E-state index contributed by atoms with van der Waals surface area (Å²) in [6, 6.07) is 2.22. The van der Waals surface area contributed by atoms with Crippen molar-refractivity contribution in [2.24, 2.45) is 0 Å². The maximum atomic E-state index is 6.20. The zero-order valence-corrected chi connectivity index (χ0v) is 12.2. The lowest BCUT2D eigenvalue weighted by Gasteiger charge is -2.08. The van der Waals surface area contributed by atoms with E-state index in [9.17, 15) is 0 Å². The first-order valence-corrected chi connectivity index (χ1v) is 8.22. The lowest BCUT2D eigenvalue weighted by Crippen LogP contribution is -1.96. The first kappa shape index (κ1) is 11.7. The second kappa shape index (κ2) is 4.47. The van der Waals surface area contributed by atoms with Crippen molar-refractivity contribution in [2.45, 2.75) is 12.2 Å². The predicted molar refractivity (Wildman–Crippen MR) is 79.0 cm³/mol. The maximum Gasteiger partial charge on any atom is 0.180 e. The van der Waals surface area contributed by atoms with Gasteiger partial charge in [-0.05, 0) is 23.8 Å². The first-order chi connectivity index (χ1) is 9.33. The molecule has 0 amide bonds. The zero-order chi connectivity index (χ0) is 12.8. The lowest BCUT2D eigenvalue weighted by molar-refractivity contribution is 1.11. The highest BCUT2D eigenvalue weighted by molar-refractivity contribution is 7.98. The van der Waals surface area contributed by atoms with Crippen LogP contribution in [0.15, 0.2) is 18.5 Å². The van der Waals surface area contributed by atoms with Crippen molar-refractivity contribution < 1.29 is 0 Å². The molecular formula is C12H9ClN4S2. The fraction of sp³-hybridized carbons (Fsp3) is 0.250. The van der Waals surface area contributed by atoms with Crippen LogP contribution in [0.25, 0.3) is 16.3 Å². The Bertz CT molecular complexity index is 741. The molecule has 3 aromatic heterocycles. The molecule has 0 aliphatic carbocycles. The molecule has 4 heterocycles. The van der Waals surface area contributed by atoms with E-state index < -0.39 is 0 Å². The van der Waals surface area contributed by atoms with Crippen LogP contribution >= 0.6 is 34.7 Å². The Morgan fingerprint density at radius 1 is 1.26 bits per heavy atom. The smallest absolute Gasteiger partial charge is 0.180 e. The topological polar surface area (TPSA) is 43.1 Å². The van der Waals surface area contributed by atoms with E-state index in [1.165, 1.54) is 16.2 Å². The number of fused-ring (bicyclic) bond motifs is 2. The summed E-state index contributed by atoms with van der Waals surface area (Å²) in [5, 5.41) is 8.93. The Hall–Kier alpha value is -1.11. The van der Waals surface area contributed by atoms with Gasteiger partial charge in [-0.1, -0.05) is 11.6 Å². The molecule has 0 aromatic carbocycles. The minimum Gasteiger partial charge on any atom is -0.262 e. The van der Waals surface area contributed by atoms with Crippen LogP contribution in [0.3, 0.4) is 0 Å². The number of thiophene rings is 1. The van der Waals surface area contributed by atoms with Gasteiger partial charge in [0, 0.05) is 10.6 Å². The summed E-state index contributed by atoms with van der Waals surface area (Å²) in [5.41, 5.74) is 2.11. The number of thioether (sulfide) groups is 1. The van der Waals surface area contributed by atoms with E-state index in [0.29, 0.717) is 10.8 Å². The van der Waals surface area contributed by atoms with Gasteiger partial charge in [-0.2, -0.15) is 11.8 Å². The molecule has 0 saturated heterocycles. The number of rotatable bonds is 1. The van der Waals surface area contributed by atoms with Gasteiger partial charge in [-0.15, -0.1) is 21.5 Å². The third-order valence-corrected chi connectivity index (χ3v) is 5.63. The summed E-state index contributed by atoms with van der Waals surface area (Å²) in [7, 11) is 0. The molecule has 0 bridgehead atoms. The Labute approximate surface area is 122 Å². The highest BCUT2D eigenvalue weighted by Gasteiger charge is 2.18. The fourth-order valence-corrected chi connectivity index (χ4v) is 4.80. The fourth-order valence-electron chi connectivity index (χ4n) is 2.23. The van der Waals surface area contributed by atoms with Gasteiger partial charge in [0.1, 0.15) is 5.15 Å². The number of halogens is 1. The van der Waals surface area contributed by atoms with Crippen LogP contribution in [0.1, 0.15) is 10.4 Å². The van der Waals surface area contributed by atoms with Crippen molar-refractivity contribution >= 4 is 40.3 Å². The normalized spacial score (nSPS) is 14.8. The van der Waals surface area contributed by atoms with Gasteiger partial charge in [0.2, 0.25) is 0 Å². The summed E-state index contributed by atoms with van der Waals surface area (Å²) in [4.78, 5) is 6.63. The van der Waals surface area contributed by atoms with Crippen LogP contribution in [0.2, 0.25) is 5.15 Å². The standard InChI is InChI=1S/C12H9ClN4S2/c13-10-4-14-5-11-15-16-12(17(10)11)9-3-7-6-18-2-1-8(7)19-9/h3-5H,1-2,6H2. The molecule has 0 radical (unpaired) electrons. The molecule has 1 aliphatic rings. The number of aromatic nitrogens is 4. The van der Waals surface area contributed by atoms with Crippen LogP contribution in [-0.2, 0) is 12.2 Å². The van der Waals surface area contributed by atoms with Gasteiger partial charge >= 0.3 is 0 Å². The van der Waals surface area contributed by atoms with Crippen molar-refractivity contribution in [1.82, 2.24) is 19.6 Å². The molecule has 19 heavy (non-hydrogen) atoms. The third-order valence-electron chi connectivity index (χ3n) is 3.12. The molecule has 7 heteroatoms. The second-order valence-corrected chi connectivity index (χ2v) is 6.94. The van der Waals surface area contributed by atoms with E-state index in [4.69, 9.17) is 11.6 Å². The quantitative estimate of drug-likeness (QED) is 0.692. The summed E-state index contributed by atoms with van der Waals surface area (Å²) in [6.07, 6.45) is 4.44. The van der Waals surface area contributed by atoms with Gasteiger partial charge in [0.15, 0.2) is 11.5 Å². The molecule has 0 spiro atoms. The maximum absolute atomic E-state index is 6.20. The van der Waals surface area contributed by atoms with Gasteiger partial charge in [0.05, 0.1) is 17.3 Å². The highest BCUT2D eigenvalue weighted by Crippen LogP contribution is 2.36. The summed E-state index contributed by atoms with van der Waals surface area (Å²) >= 11 is 9.98. The van der Waals surface area contributed by atoms with Crippen LogP contribution in [0.4, 0.5) is 0 Å². The molecule has 96 valence electrons. The molecule has 3 aromatic rings. The number of nitrogens with zero attached hydrogens (tertiary/aromatic N) is 4. The average molecular weight is 309 g/mol. The number of hydrogen-bond donors (Lipinski definition) is 0. The van der Waals surface area contributed by atoms with Gasteiger partial charge in [-0.3, -0.25) is 9.38 Å². The Kier molecular flexibility index (Phi) is 2.75. The van der Waals surface area contributed by atoms with E-state index >= 15 is 0 Å². The monoisotopic (exact) mass is 308 g/mol. The third kappa shape index (κ3) is 1.86. The highest BCUT2D eigenvalue weighted by atomic mass is 35.5. The molecule has 0 fully saturated rings. The first-order valence-electron chi connectivity index (χ1n) is 5.87. The minimum absolute atomic E-state index is 0.540. The van der Waals surface area contributed by atoms with Gasteiger partial charge < -0.3 is 0 Å². The van der Waals surface area contributed by atoms with Crippen LogP contribution in [0.5, 0.6) is 0 Å². The van der Waals surface area contributed by atoms with Crippen LogP contribution in [0, 0.1) is 0 Å². The van der Waals surface area contributed by atoms with Gasteiger partial charge in [0.25, 0.3) is 0 Å². The summed E-state index contributed by atoms with van der Waals surface area (Å²) in [5.74, 6) is 3.11. The minimum atomic E-state index is 0.540. The molecule has 0 N–H and O–H groups in total. The molecule has 0 saturated carbocycles. The number of hydrogen-bond acceptors (Lipinski definition) is 5. The van der Waals surface area contributed by atoms with Crippen LogP contribution < -0.4 is 0 Å². The Balaban J connectivity index is 1.92. The van der Waals surface area contributed by atoms with Crippen molar-refractivity contribution in [3.63, 3.8) is 0 Å². The molecule has 1 aliphatic heterocycles. The van der Waals surface area contributed by atoms with Crippen molar-refractivity contribution in [1.29, 1.82) is 0 Å². The van der Waals surface area contributed by atoms with E-state index in [0.717, 1.165) is 22.9 Å². The predicted octanol–water partition coefficient (Wildman–Crippen LogP) is 3.30. The zero-order valence-electron chi connectivity index (χ0n) is 9.84. The van der Waals surface area contributed by atoms with Crippen molar-refractivity contribution in [2.75, 3.05) is 5.75 Å². The van der Waals surface area contributed by atoms with Gasteiger partial charge in [-0.25, -0.2) is 0 Å². The van der Waals surface area contributed by atoms with E-state index in [2.05, 4.69) is 21.2 Å². The lowest BCUT2D eigenvalue weighted by atomic mass is 10.2. The number of aryl methyl sites for hydroxylation is 1. The Morgan fingerprint density at radius 3 is 3.11 bits per heavy atom. The van der Waals surface area contributed by atoms with E-state index in [1.807, 2.05) is 16.2 Å². The molecular weight excluding hydrogens is 300 g/mol. The summed E-state index contributed by atoms with van der Waals surface area (Å²) in [6.45, 7) is 0. The summed E-state index contributed by atoms with van der Waals surface area (Å²) < 4.78 is 1.85. The molecule has 0 unspecified atom stereocenters. The second-order valence-electron chi connectivity index (χ2n) is 4.31.